The molecule has 20 heavy (non-hydrogen) atoms. The Bertz CT molecular complexity index is 432. The molecule has 0 spiro atoms. The molecular formula is C16H26N2O2. The van der Waals surface area contributed by atoms with E-state index < -0.39 is 0 Å². The molecule has 2 unspecified atom stereocenters. The second-order valence-electron chi connectivity index (χ2n) is 5.53. The van der Waals surface area contributed by atoms with E-state index in [1.54, 1.807) is 7.11 Å². The van der Waals surface area contributed by atoms with Crippen molar-refractivity contribution in [3.05, 3.63) is 29.8 Å². The average molecular weight is 278 g/mol. The number of ether oxygens (including phenoxy) is 1. The molecule has 0 aliphatic rings. The van der Waals surface area contributed by atoms with Crippen LogP contribution in [0.1, 0.15) is 38.8 Å². The summed E-state index contributed by atoms with van der Waals surface area (Å²) in [6, 6.07) is 7.61. The van der Waals surface area contributed by atoms with E-state index in [0.29, 0.717) is 12.5 Å². The number of hydrogen-bond acceptors (Lipinski definition) is 3. The smallest absolute Gasteiger partial charge is 0.224 e. The van der Waals surface area contributed by atoms with Gasteiger partial charge in [0.15, 0.2) is 0 Å². The molecule has 0 saturated heterocycles. The molecule has 1 rings (SSSR count). The molecule has 2 atom stereocenters. The van der Waals surface area contributed by atoms with Crippen LogP contribution < -0.4 is 15.8 Å². The van der Waals surface area contributed by atoms with Crippen molar-refractivity contribution >= 4 is 5.91 Å². The summed E-state index contributed by atoms with van der Waals surface area (Å²) in [5, 5.41) is 3.03. The second-order valence-corrected chi connectivity index (χ2v) is 5.53. The number of nitrogens with one attached hydrogen (secondary N) is 1. The van der Waals surface area contributed by atoms with Crippen LogP contribution in [0.25, 0.3) is 0 Å². The van der Waals surface area contributed by atoms with Crippen LogP contribution in [0.4, 0.5) is 0 Å². The highest BCUT2D eigenvalue weighted by Crippen LogP contribution is 2.24. The third-order valence-electron chi connectivity index (χ3n) is 3.38. The molecule has 4 heteroatoms. The zero-order valence-electron chi connectivity index (χ0n) is 12.8. The Morgan fingerprint density at radius 3 is 2.50 bits per heavy atom. The number of methoxy groups -OCH3 is 1. The van der Waals surface area contributed by atoms with Gasteiger partial charge in [-0.15, -0.1) is 0 Å². The van der Waals surface area contributed by atoms with E-state index in [-0.39, 0.29) is 17.9 Å². The van der Waals surface area contributed by atoms with Crippen molar-refractivity contribution < 1.29 is 9.53 Å². The maximum Gasteiger partial charge on any atom is 0.224 e. The molecule has 0 saturated carbocycles. The fourth-order valence-electron chi connectivity index (χ4n) is 2.31. The molecule has 1 amide bonds. The van der Waals surface area contributed by atoms with E-state index in [0.717, 1.165) is 17.7 Å². The van der Waals surface area contributed by atoms with Gasteiger partial charge in [0, 0.05) is 12.1 Å². The Balaban J connectivity index is 2.73. The summed E-state index contributed by atoms with van der Waals surface area (Å²) in [5.74, 6) is 1.12. The van der Waals surface area contributed by atoms with E-state index in [2.05, 4.69) is 19.2 Å². The number of amides is 1. The predicted molar refractivity (Wildman–Crippen MR) is 81.6 cm³/mol. The first-order valence-corrected chi connectivity index (χ1v) is 7.12. The van der Waals surface area contributed by atoms with E-state index >= 15 is 0 Å². The lowest BCUT2D eigenvalue weighted by atomic mass is 9.95. The SMILES string of the molecule is COc1ccccc1C(C)NC(=O)C(CN)CC(C)C. The lowest BCUT2D eigenvalue weighted by molar-refractivity contribution is -0.125. The van der Waals surface area contributed by atoms with Gasteiger partial charge in [-0.05, 0) is 25.3 Å². The normalized spacial score (nSPS) is 13.9. The van der Waals surface area contributed by atoms with Crippen molar-refractivity contribution in [1.29, 1.82) is 0 Å². The van der Waals surface area contributed by atoms with Crippen molar-refractivity contribution in [2.75, 3.05) is 13.7 Å². The average Bonchev–Trinajstić information content (AvgIpc) is 2.44. The minimum Gasteiger partial charge on any atom is -0.496 e. The third-order valence-corrected chi connectivity index (χ3v) is 3.38. The third kappa shape index (κ3) is 4.53. The molecule has 112 valence electrons. The van der Waals surface area contributed by atoms with Gasteiger partial charge in [0.1, 0.15) is 5.75 Å². The monoisotopic (exact) mass is 278 g/mol. The molecule has 3 N–H and O–H groups in total. The second kappa shape index (κ2) is 7.90. The zero-order valence-corrected chi connectivity index (χ0v) is 12.8. The Kier molecular flexibility index (Phi) is 6.52. The summed E-state index contributed by atoms with van der Waals surface area (Å²) in [5.41, 5.74) is 6.68. The molecule has 0 fully saturated rings. The van der Waals surface area contributed by atoms with Gasteiger partial charge in [0.2, 0.25) is 5.91 Å². The fraction of sp³-hybridized carbons (Fsp3) is 0.562. The standard InChI is InChI=1S/C16H26N2O2/c1-11(2)9-13(10-17)16(19)18-12(3)14-7-5-6-8-15(14)20-4/h5-8,11-13H,9-10,17H2,1-4H3,(H,18,19). The van der Waals surface area contributed by atoms with Gasteiger partial charge >= 0.3 is 0 Å². The number of carbonyl (C=O) groups excluding carboxylic acids is 1. The molecule has 1 aromatic rings. The molecule has 0 aromatic heterocycles. The van der Waals surface area contributed by atoms with Crippen molar-refractivity contribution in [2.45, 2.75) is 33.2 Å². The first kappa shape index (κ1) is 16.5. The fourth-order valence-corrected chi connectivity index (χ4v) is 2.31. The van der Waals surface area contributed by atoms with Crippen LogP contribution in [-0.2, 0) is 4.79 Å². The van der Waals surface area contributed by atoms with Crippen LogP contribution in [0.3, 0.4) is 0 Å². The summed E-state index contributed by atoms with van der Waals surface area (Å²) in [6.45, 7) is 6.53. The summed E-state index contributed by atoms with van der Waals surface area (Å²) < 4.78 is 5.32. The first-order chi connectivity index (χ1) is 9.49. The van der Waals surface area contributed by atoms with Gasteiger partial charge in [-0.2, -0.15) is 0 Å². The largest absolute Gasteiger partial charge is 0.496 e. The Morgan fingerprint density at radius 2 is 1.95 bits per heavy atom. The number of rotatable bonds is 7. The maximum absolute atomic E-state index is 12.3. The molecule has 4 nitrogen and oxygen atoms in total. The summed E-state index contributed by atoms with van der Waals surface area (Å²) in [4.78, 5) is 12.3. The number of benzene rings is 1. The highest BCUT2D eigenvalue weighted by atomic mass is 16.5. The lowest BCUT2D eigenvalue weighted by Crippen LogP contribution is -2.37. The highest BCUT2D eigenvalue weighted by Gasteiger charge is 2.21. The molecule has 0 bridgehead atoms. The van der Waals surface area contributed by atoms with Gasteiger partial charge in [-0.3, -0.25) is 4.79 Å². The van der Waals surface area contributed by atoms with Crippen LogP contribution in [0.5, 0.6) is 5.75 Å². The maximum atomic E-state index is 12.3. The highest BCUT2D eigenvalue weighted by molar-refractivity contribution is 5.79. The topological polar surface area (TPSA) is 64.3 Å². The van der Waals surface area contributed by atoms with Crippen LogP contribution in [0, 0.1) is 11.8 Å². The predicted octanol–water partition coefficient (Wildman–Crippen LogP) is 2.49. The van der Waals surface area contributed by atoms with E-state index in [1.807, 2.05) is 31.2 Å². The van der Waals surface area contributed by atoms with Crippen LogP contribution >= 0.6 is 0 Å². The Morgan fingerprint density at radius 1 is 1.30 bits per heavy atom. The van der Waals surface area contributed by atoms with Gasteiger partial charge in [0.25, 0.3) is 0 Å². The minimum absolute atomic E-state index is 0.0135. The van der Waals surface area contributed by atoms with Gasteiger partial charge in [-0.25, -0.2) is 0 Å². The summed E-state index contributed by atoms with van der Waals surface area (Å²) >= 11 is 0. The molecule has 0 aliphatic carbocycles. The van der Waals surface area contributed by atoms with E-state index in [4.69, 9.17) is 10.5 Å². The minimum atomic E-state index is -0.132. The number of hydrogen-bond donors (Lipinski definition) is 2. The van der Waals surface area contributed by atoms with Crippen molar-refractivity contribution in [1.82, 2.24) is 5.32 Å². The van der Waals surface area contributed by atoms with E-state index in [9.17, 15) is 4.79 Å². The molecule has 0 aliphatic heterocycles. The zero-order chi connectivity index (χ0) is 15.1. The van der Waals surface area contributed by atoms with Crippen molar-refractivity contribution in [3.63, 3.8) is 0 Å². The number of nitrogens with two attached hydrogens (primary N) is 1. The number of para-hydroxylation sites is 1. The van der Waals surface area contributed by atoms with Crippen LogP contribution in [0.2, 0.25) is 0 Å². The Hall–Kier alpha value is -1.55. The summed E-state index contributed by atoms with van der Waals surface area (Å²) in [7, 11) is 1.63. The molecule has 0 heterocycles. The van der Waals surface area contributed by atoms with Crippen molar-refractivity contribution in [3.8, 4) is 5.75 Å². The Labute approximate surface area is 121 Å². The van der Waals surface area contributed by atoms with Gasteiger partial charge in [-0.1, -0.05) is 32.0 Å². The summed E-state index contributed by atoms with van der Waals surface area (Å²) in [6.07, 6.45) is 0.807. The quantitative estimate of drug-likeness (QED) is 0.805. The molecule has 0 radical (unpaired) electrons. The lowest BCUT2D eigenvalue weighted by Gasteiger charge is -2.22. The van der Waals surface area contributed by atoms with E-state index in [1.165, 1.54) is 0 Å². The van der Waals surface area contributed by atoms with Crippen LogP contribution in [-0.4, -0.2) is 19.6 Å². The van der Waals surface area contributed by atoms with Gasteiger partial charge < -0.3 is 15.8 Å². The molecule has 1 aromatic carbocycles. The van der Waals surface area contributed by atoms with Crippen LogP contribution in [0.15, 0.2) is 24.3 Å². The first-order valence-electron chi connectivity index (χ1n) is 7.12. The number of carbonyl (C=O) groups is 1. The molecular weight excluding hydrogens is 252 g/mol. The van der Waals surface area contributed by atoms with Crippen molar-refractivity contribution in [2.24, 2.45) is 17.6 Å². The van der Waals surface area contributed by atoms with Gasteiger partial charge in [0.05, 0.1) is 19.1 Å².